The van der Waals surface area contributed by atoms with Crippen LogP contribution < -0.4 is 5.32 Å². The Kier molecular flexibility index (Phi) is 5.78. The number of hydrogen-bond acceptors (Lipinski definition) is 4. The minimum absolute atomic E-state index is 0.0101. The average molecular weight is 359 g/mol. The van der Waals surface area contributed by atoms with Crippen LogP contribution in [0.3, 0.4) is 0 Å². The first kappa shape index (κ1) is 18.0. The van der Waals surface area contributed by atoms with Crippen molar-refractivity contribution in [3.05, 3.63) is 35.2 Å². The van der Waals surface area contributed by atoms with Crippen LogP contribution in [0.5, 0.6) is 0 Å². The van der Waals surface area contributed by atoms with Crippen LogP contribution in [0.15, 0.2) is 23.4 Å². The largest absolute Gasteiger partial charge is 0.325 e. The topological polar surface area (TPSA) is 59.8 Å². The monoisotopic (exact) mass is 358 g/mol. The lowest BCUT2D eigenvalue weighted by Crippen LogP contribution is -2.17. The van der Waals surface area contributed by atoms with Gasteiger partial charge >= 0.3 is 0 Å². The lowest BCUT2D eigenvalue weighted by Gasteiger charge is -2.24. The average Bonchev–Trinajstić information content (AvgIpc) is 2.98. The van der Waals surface area contributed by atoms with E-state index in [2.05, 4.69) is 33.9 Å². The van der Waals surface area contributed by atoms with Crippen molar-refractivity contribution in [3.63, 3.8) is 0 Å². The molecule has 1 amide bonds. The highest BCUT2D eigenvalue weighted by Crippen LogP contribution is 2.32. The van der Waals surface area contributed by atoms with Crippen molar-refractivity contribution in [2.45, 2.75) is 64.1 Å². The number of aromatic nitrogens is 3. The molecule has 0 atom stereocenters. The zero-order valence-corrected chi connectivity index (χ0v) is 16.0. The molecule has 1 N–H and O–H groups in total. The Morgan fingerprint density at radius 2 is 1.92 bits per heavy atom. The summed E-state index contributed by atoms with van der Waals surface area (Å²) in [5.74, 6) is 1.28. The molecule has 0 saturated heterocycles. The van der Waals surface area contributed by atoms with Crippen molar-refractivity contribution in [1.29, 1.82) is 0 Å². The molecule has 5 nitrogen and oxygen atoms in total. The standard InChI is InChI=1S/C19H26N4OS/c1-13-9-10-16(11-14(13)2)20-18(24)12-25-19-22-21-15(3)23(19)17-7-5-4-6-8-17/h9-11,17H,4-8,12H2,1-3H3,(H,20,24). The molecule has 0 bridgehead atoms. The number of amides is 1. The normalized spacial score (nSPS) is 15.3. The lowest BCUT2D eigenvalue weighted by atomic mass is 9.95. The summed E-state index contributed by atoms with van der Waals surface area (Å²) in [5.41, 5.74) is 3.25. The fourth-order valence-electron chi connectivity index (χ4n) is 3.35. The predicted octanol–water partition coefficient (Wildman–Crippen LogP) is 4.44. The summed E-state index contributed by atoms with van der Waals surface area (Å²) in [6.45, 7) is 6.12. The first-order chi connectivity index (χ1) is 12.0. The van der Waals surface area contributed by atoms with Gasteiger partial charge in [-0.2, -0.15) is 0 Å². The van der Waals surface area contributed by atoms with Gasteiger partial charge in [-0.25, -0.2) is 0 Å². The van der Waals surface area contributed by atoms with Gasteiger partial charge in [-0.1, -0.05) is 37.1 Å². The van der Waals surface area contributed by atoms with Crippen molar-refractivity contribution in [2.75, 3.05) is 11.1 Å². The molecule has 0 unspecified atom stereocenters. The van der Waals surface area contributed by atoms with Crippen LogP contribution in [-0.2, 0) is 4.79 Å². The van der Waals surface area contributed by atoms with Crippen LogP contribution in [-0.4, -0.2) is 26.4 Å². The Balaban J connectivity index is 1.61. The first-order valence-corrected chi connectivity index (χ1v) is 9.94. The van der Waals surface area contributed by atoms with Crippen LogP contribution in [0.25, 0.3) is 0 Å². The van der Waals surface area contributed by atoms with E-state index in [9.17, 15) is 4.79 Å². The Labute approximate surface area is 153 Å². The molecule has 0 spiro atoms. The quantitative estimate of drug-likeness (QED) is 0.803. The van der Waals surface area contributed by atoms with Gasteiger partial charge in [0.1, 0.15) is 5.82 Å². The molecule has 1 saturated carbocycles. The van der Waals surface area contributed by atoms with Gasteiger partial charge in [0.05, 0.1) is 5.75 Å². The van der Waals surface area contributed by atoms with Crippen molar-refractivity contribution in [2.24, 2.45) is 0 Å². The molecule has 6 heteroatoms. The Morgan fingerprint density at radius 3 is 2.64 bits per heavy atom. The number of rotatable bonds is 5. The third kappa shape index (κ3) is 4.42. The number of carbonyl (C=O) groups excluding carboxylic acids is 1. The van der Waals surface area contributed by atoms with E-state index < -0.39 is 0 Å². The molecule has 1 aliphatic rings. The van der Waals surface area contributed by atoms with E-state index in [4.69, 9.17) is 0 Å². The second kappa shape index (κ2) is 8.04. The van der Waals surface area contributed by atoms with Gasteiger partial charge in [0.25, 0.3) is 0 Å². The maximum atomic E-state index is 12.3. The molecule has 1 aliphatic carbocycles. The minimum atomic E-state index is -0.0101. The van der Waals surface area contributed by atoms with Crippen molar-refractivity contribution in [3.8, 4) is 0 Å². The molecular formula is C19H26N4OS. The number of thioether (sulfide) groups is 1. The summed E-state index contributed by atoms with van der Waals surface area (Å²) < 4.78 is 2.23. The second-order valence-corrected chi connectivity index (χ2v) is 7.77. The highest BCUT2D eigenvalue weighted by Gasteiger charge is 2.21. The van der Waals surface area contributed by atoms with Crippen molar-refractivity contribution >= 4 is 23.4 Å². The molecule has 1 aromatic carbocycles. The van der Waals surface area contributed by atoms with E-state index in [0.29, 0.717) is 11.8 Å². The summed E-state index contributed by atoms with van der Waals surface area (Å²) in [7, 11) is 0. The number of carbonyl (C=O) groups is 1. The van der Waals surface area contributed by atoms with Gasteiger partial charge in [-0.15, -0.1) is 10.2 Å². The molecule has 1 fully saturated rings. The zero-order chi connectivity index (χ0) is 17.8. The van der Waals surface area contributed by atoms with Crippen molar-refractivity contribution in [1.82, 2.24) is 14.8 Å². The van der Waals surface area contributed by atoms with E-state index >= 15 is 0 Å². The summed E-state index contributed by atoms with van der Waals surface area (Å²) >= 11 is 1.47. The number of aryl methyl sites for hydroxylation is 3. The number of benzene rings is 1. The zero-order valence-electron chi connectivity index (χ0n) is 15.2. The Hall–Kier alpha value is -1.82. The van der Waals surface area contributed by atoms with Crippen LogP contribution in [0.4, 0.5) is 5.69 Å². The van der Waals surface area contributed by atoms with Crippen LogP contribution in [0, 0.1) is 20.8 Å². The highest BCUT2D eigenvalue weighted by molar-refractivity contribution is 7.99. The van der Waals surface area contributed by atoms with E-state index in [-0.39, 0.29) is 5.91 Å². The molecule has 0 radical (unpaired) electrons. The smallest absolute Gasteiger partial charge is 0.234 e. The molecule has 1 heterocycles. The van der Waals surface area contributed by atoms with E-state index in [1.165, 1.54) is 55.0 Å². The second-order valence-electron chi connectivity index (χ2n) is 6.83. The fraction of sp³-hybridized carbons (Fsp3) is 0.526. The molecule has 0 aliphatic heterocycles. The van der Waals surface area contributed by atoms with E-state index in [1.807, 2.05) is 25.1 Å². The molecule has 3 rings (SSSR count). The van der Waals surface area contributed by atoms with Gasteiger partial charge in [-0.05, 0) is 56.9 Å². The third-order valence-corrected chi connectivity index (χ3v) is 5.84. The Bertz CT molecular complexity index is 750. The lowest BCUT2D eigenvalue weighted by molar-refractivity contribution is -0.113. The summed E-state index contributed by atoms with van der Waals surface area (Å²) in [6.07, 6.45) is 6.21. The summed E-state index contributed by atoms with van der Waals surface area (Å²) in [4.78, 5) is 12.3. The van der Waals surface area contributed by atoms with Crippen LogP contribution in [0.1, 0.15) is 55.1 Å². The molecule has 1 aromatic heterocycles. The highest BCUT2D eigenvalue weighted by atomic mass is 32.2. The first-order valence-electron chi connectivity index (χ1n) is 8.96. The number of nitrogens with one attached hydrogen (secondary N) is 1. The van der Waals surface area contributed by atoms with Gasteiger partial charge < -0.3 is 9.88 Å². The molecular weight excluding hydrogens is 332 g/mol. The van der Waals surface area contributed by atoms with Gasteiger partial charge in [0, 0.05) is 11.7 Å². The summed E-state index contributed by atoms with van der Waals surface area (Å²) in [6, 6.07) is 6.46. The predicted molar refractivity (Wildman–Crippen MR) is 102 cm³/mol. The van der Waals surface area contributed by atoms with Crippen molar-refractivity contribution < 1.29 is 4.79 Å². The molecule has 2 aromatic rings. The Morgan fingerprint density at radius 1 is 1.16 bits per heavy atom. The third-order valence-electron chi connectivity index (χ3n) is 4.90. The maximum Gasteiger partial charge on any atom is 0.234 e. The number of anilines is 1. The fourth-order valence-corrected chi connectivity index (χ4v) is 4.21. The molecule has 25 heavy (non-hydrogen) atoms. The summed E-state index contributed by atoms with van der Waals surface area (Å²) in [5, 5.41) is 12.4. The SMILES string of the molecule is Cc1ccc(NC(=O)CSc2nnc(C)n2C2CCCCC2)cc1C. The van der Waals surface area contributed by atoms with Gasteiger partial charge in [0.2, 0.25) is 5.91 Å². The van der Waals surface area contributed by atoms with E-state index in [1.54, 1.807) is 0 Å². The van der Waals surface area contributed by atoms with Gasteiger partial charge in [0.15, 0.2) is 5.16 Å². The van der Waals surface area contributed by atoms with E-state index in [0.717, 1.165) is 16.7 Å². The van der Waals surface area contributed by atoms with Crippen LogP contribution >= 0.6 is 11.8 Å². The number of nitrogens with zero attached hydrogens (tertiary/aromatic N) is 3. The molecule has 134 valence electrons. The van der Waals surface area contributed by atoms with Gasteiger partial charge in [-0.3, -0.25) is 4.79 Å². The maximum absolute atomic E-state index is 12.3. The van der Waals surface area contributed by atoms with Crippen LogP contribution in [0.2, 0.25) is 0 Å². The number of hydrogen-bond donors (Lipinski definition) is 1. The minimum Gasteiger partial charge on any atom is -0.325 e.